The van der Waals surface area contributed by atoms with Crippen molar-refractivity contribution in [1.82, 2.24) is 9.88 Å². The Bertz CT molecular complexity index is 833. The van der Waals surface area contributed by atoms with Crippen molar-refractivity contribution in [1.29, 1.82) is 0 Å². The molecule has 1 aliphatic rings. The van der Waals surface area contributed by atoms with Gasteiger partial charge in [-0.3, -0.25) is 9.59 Å². The smallest absolute Gasteiger partial charge is 0.259 e. The molecule has 0 radical (unpaired) electrons. The number of halogens is 1. The monoisotopic (exact) mass is 334 g/mol. The number of rotatable bonds is 1. The van der Waals surface area contributed by atoms with Crippen molar-refractivity contribution in [2.75, 3.05) is 12.3 Å². The Hall–Kier alpha value is -1.82. The second-order valence-electron chi connectivity index (χ2n) is 5.99. The number of nitrogens with one attached hydrogen (secondary N) is 1. The zero-order valence-corrected chi connectivity index (χ0v) is 14.2. The van der Waals surface area contributed by atoms with Crippen LogP contribution in [0.15, 0.2) is 23.1 Å². The highest BCUT2D eigenvalue weighted by Gasteiger charge is 2.30. The van der Waals surface area contributed by atoms with Crippen LogP contribution in [0.5, 0.6) is 0 Å². The second-order valence-corrected chi connectivity index (χ2v) is 7.48. The highest BCUT2D eigenvalue weighted by Crippen LogP contribution is 2.25. The van der Waals surface area contributed by atoms with Crippen molar-refractivity contribution in [2.45, 2.75) is 32.1 Å². The Morgan fingerprint density at radius 3 is 2.87 bits per heavy atom. The number of fused-ring (bicyclic) bond motifs is 1. The lowest BCUT2D eigenvalue weighted by Gasteiger charge is -2.37. The topological polar surface area (TPSA) is 53.2 Å². The number of H-pyrrole nitrogens is 1. The lowest BCUT2D eigenvalue weighted by atomic mass is 10.1. The number of amides is 1. The van der Waals surface area contributed by atoms with Crippen molar-refractivity contribution in [3.63, 3.8) is 0 Å². The molecule has 1 saturated heterocycles. The van der Waals surface area contributed by atoms with Gasteiger partial charge < -0.3 is 9.88 Å². The fourth-order valence-electron chi connectivity index (χ4n) is 3.00. The molecule has 0 saturated carbocycles. The fraction of sp³-hybridized carbons (Fsp3) is 0.412. The van der Waals surface area contributed by atoms with E-state index in [9.17, 15) is 14.0 Å². The molecule has 1 fully saturated rings. The van der Waals surface area contributed by atoms with Gasteiger partial charge in [-0.2, -0.15) is 11.8 Å². The summed E-state index contributed by atoms with van der Waals surface area (Å²) in [5.74, 6) is 0.104. The molecule has 1 aromatic carbocycles. The number of benzene rings is 1. The first-order chi connectivity index (χ1) is 10.9. The molecule has 1 aromatic heterocycles. The SMILES string of the molecule is Cc1cc(F)cc2c(=O)c(C(=O)N3CCS[C@@H](C)[C@H]3C)c[nH]c12. The van der Waals surface area contributed by atoms with Gasteiger partial charge in [0.25, 0.3) is 5.91 Å². The molecule has 2 aromatic rings. The van der Waals surface area contributed by atoms with E-state index in [4.69, 9.17) is 0 Å². The predicted octanol–water partition coefficient (Wildman–Crippen LogP) is 2.94. The third kappa shape index (κ3) is 2.76. The minimum Gasteiger partial charge on any atom is -0.360 e. The number of carbonyl (C=O) groups is 1. The molecule has 2 heterocycles. The molecule has 122 valence electrons. The van der Waals surface area contributed by atoms with Crippen LogP contribution in [-0.4, -0.2) is 39.4 Å². The lowest BCUT2D eigenvalue weighted by molar-refractivity contribution is 0.0696. The third-order valence-corrected chi connectivity index (χ3v) is 5.86. The number of nitrogens with zero attached hydrogens (tertiary/aromatic N) is 1. The van der Waals surface area contributed by atoms with E-state index in [0.29, 0.717) is 22.9 Å². The molecule has 4 nitrogen and oxygen atoms in total. The number of aryl methyl sites for hydroxylation is 1. The van der Waals surface area contributed by atoms with Crippen molar-refractivity contribution in [3.05, 3.63) is 45.5 Å². The maximum Gasteiger partial charge on any atom is 0.259 e. The maximum atomic E-state index is 13.6. The Morgan fingerprint density at radius 1 is 1.39 bits per heavy atom. The number of hydrogen-bond acceptors (Lipinski definition) is 3. The molecule has 2 atom stereocenters. The van der Waals surface area contributed by atoms with Crippen LogP contribution in [0.3, 0.4) is 0 Å². The Labute approximate surface area is 138 Å². The summed E-state index contributed by atoms with van der Waals surface area (Å²) in [6.07, 6.45) is 1.46. The Morgan fingerprint density at radius 2 is 2.13 bits per heavy atom. The molecule has 0 bridgehead atoms. The van der Waals surface area contributed by atoms with Gasteiger partial charge in [0.2, 0.25) is 5.43 Å². The standard InChI is InChI=1S/C17H19FN2O2S/c1-9-6-12(18)7-13-15(9)19-8-14(16(13)21)17(22)20-4-5-23-11(3)10(20)2/h6-8,10-11H,4-5H2,1-3H3,(H,19,21)/t10-,11+/m1/s1. The van der Waals surface area contributed by atoms with Crippen LogP contribution >= 0.6 is 11.8 Å². The van der Waals surface area contributed by atoms with Crippen molar-refractivity contribution < 1.29 is 9.18 Å². The van der Waals surface area contributed by atoms with Crippen LogP contribution < -0.4 is 5.43 Å². The van der Waals surface area contributed by atoms with Crippen LogP contribution in [0.2, 0.25) is 0 Å². The summed E-state index contributed by atoms with van der Waals surface area (Å²) in [6.45, 7) is 6.43. The van der Waals surface area contributed by atoms with E-state index in [1.54, 1.807) is 11.8 Å². The molecule has 1 N–H and O–H groups in total. The van der Waals surface area contributed by atoms with Crippen LogP contribution in [0.4, 0.5) is 4.39 Å². The quantitative estimate of drug-likeness (QED) is 0.872. The molecule has 23 heavy (non-hydrogen) atoms. The summed E-state index contributed by atoms with van der Waals surface area (Å²) in [5, 5.41) is 0.548. The molecule has 0 spiro atoms. The number of pyridine rings is 1. The first-order valence-electron chi connectivity index (χ1n) is 7.64. The highest BCUT2D eigenvalue weighted by atomic mass is 32.2. The number of aromatic nitrogens is 1. The summed E-state index contributed by atoms with van der Waals surface area (Å²) in [5.41, 5.74) is 0.883. The fourth-order valence-corrected chi connectivity index (χ4v) is 4.10. The van der Waals surface area contributed by atoms with Gasteiger partial charge >= 0.3 is 0 Å². The minimum absolute atomic E-state index is 0.0607. The van der Waals surface area contributed by atoms with E-state index in [1.165, 1.54) is 18.3 Å². The van der Waals surface area contributed by atoms with Crippen molar-refractivity contribution in [3.8, 4) is 0 Å². The van der Waals surface area contributed by atoms with Gasteiger partial charge in [-0.05, 0) is 31.5 Å². The molecular formula is C17H19FN2O2S. The van der Waals surface area contributed by atoms with Gasteiger partial charge in [0.1, 0.15) is 11.4 Å². The predicted molar refractivity (Wildman–Crippen MR) is 91.7 cm³/mol. The molecule has 0 unspecified atom stereocenters. The van der Waals surface area contributed by atoms with E-state index in [-0.39, 0.29) is 22.9 Å². The van der Waals surface area contributed by atoms with Crippen LogP contribution in [-0.2, 0) is 0 Å². The third-order valence-electron chi connectivity index (χ3n) is 4.53. The minimum atomic E-state index is -0.471. The normalized spacial score (nSPS) is 21.7. The van der Waals surface area contributed by atoms with Gasteiger partial charge in [0, 0.05) is 35.2 Å². The Balaban J connectivity index is 2.08. The lowest BCUT2D eigenvalue weighted by Crippen LogP contribution is -2.49. The largest absolute Gasteiger partial charge is 0.360 e. The maximum absolute atomic E-state index is 13.6. The average molecular weight is 334 g/mol. The molecule has 3 rings (SSSR count). The average Bonchev–Trinajstić information content (AvgIpc) is 2.50. The van der Waals surface area contributed by atoms with Gasteiger partial charge in [-0.1, -0.05) is 6.92 Å². The number of thioether (sulfide) groups is 1. The summed E-state index contributed by atoms with van der Waals surface area (Å²) < 4.78 is 13.6. The van der Waals surface area contributed by atoms with E-state index >= 15 is 0 Å². The van der Waals surface area contributed by atoms with E-state index in [1.807, 2.05) is 18.7 Å². The zero-order valence-electron chi connectivity index (χ0n) is 13.4. The van der Waals surface area contributed by atoms with Crippen LogP contribution in [0.25, 0.3) is 10.9 Å². The van der Waals surface area contributed by atoms with Gasteiger partial charge in [-0.25, -0.2) is 4.39 Å². The van der Waals surface area contributed by atoms with Gasteiger partial charge in [-0.15, -0.1) is 0 Å². The molecule has 0 aliphatic carbocycles. The number of hydrogen-bond donors (Lipinski definition) is 1. The summed E-state index contributed by atoms with van der Waals surface area (Å²) in [4.78, 5) is 30.2. The van der Waals surface area contributed by atoms with Crippen molar-refractivity contribution in [2.24, 2.45) is 0 Å². The zero-order chi connectivity index (χ0) is 16.7. The van der Waals surface area contributed by atoms with E-state index < -0.39 is 11.2 Å². The van der Waals surface area contributed by atoms with Gasteiger partial charge in [0.15, 0.2) is 0 Å². The molecular weight excluding hydrogens is 315 g/mol. The Kier molecular flexibility index (Phi) is 4.19. The van der Waals surface area contributed by atoms with Crippen LogP contribution in [0.1, 0.15) is 29.8 Å². The number of aromatic amines is 1. The summed E-state index contributed by atoms with van der Waals surface area (Å²) in [7, 11) is 0. The molecule has 1 amide bonds. The number of carbonyl (C=O) groups excluding carboxylic acids is 1. The van der Waals surface area contributed by atoms with E-state index in [2.05, 4.69) is 11.9 Å². The van der Waals surface area contributed by atoms with Crippen LogP contribution in [0, 0.1) is 12.7 Å². The summed E-state index contributed by atoms with van der Waals surface area (Å²) >= 11 is 1.82. The summed E-state index contributed by atoms with van der Waals surface area (Å²) in [6, 6.07) is 2.62. The van der Waals surface area contributed by atoms with Crippen molar-refractivity contribution >= 4 is 28.6 Å². The van der Waals surface area contributed by atoms with Gasteiger partial charge in [0.05, 0.1) is 5.52 Å². The first kappa shape index (κ1) is 16.1. The van der Waals surface area contributed by atoms with E-state index in [0.717, 1.165) is 5.75 Å². The molecule has 1 aliphatic heterocycles. The highest BCUT2D eigenvalue weighted by molar-refractivity contribution is 8.00. The first-order valence-corrected chi connectivity index (χ1v) is 8.69. The second kappa shape index (κ2) is 6.00. The molecule has 6 heteroatoms.